The summed E-state index contributed by atoms with van der Waals surface area (Å²) in [6.07, 6.45) is 0.197. The van der Waals surface area contributed by atoms with Gasteiger partial charge in [-0.1, -0.05) is 6.07 Å². The van der Waals surface area contributed by atoms with Crippen molar-refractivity contribution in [2.24, 2.45) is 0 Å². The summed E-state index contributed by atoms with van der Waals surface area (Å²) in [6.45, 7) is 1.45. The maximum absolute atomic E-state index is 13.7. The van der Waals surface area contributed by atoms with Crippen molar-refractivity contribution in [2.75, 3.05) is 5.73 Å². The summed E-state index contributed by atoms with van der Waals surface area (Å²) in [4.78, 5) is 3.74. The Bertz CT molecular complexity index is 635. The summed E-state index contributed by atoms with van der Waals surface area (Å²) in [6, 6.07) is 4.74. The second-order valence-corrected chi connectivity index (χ2v) is 4.42. The van der Waals surface area contributed by atoms with E-state index >= 15 is 0 Å². The number of halogens is 2. The molecule has 0 aliphatic rings. The Kier molecular flexibility index (Phi) is 4.39. The van der Waals surface area contributed by atoms with Gasteiger partial charge in [0, 0.05) is 11.7 Å². The Morgan fingerprint density at radius 3 is 2.48 bits per heavy atom. The predicted octanol–water partition coefficient (Wildman–Crippen LogP) is 0.762. The first-order chi connectivity index (χ1) is 9.90. The molecule has 0 fully saturated rings. The number of nitrogens with zero attached hydrogens (tertiary/aromatic N) is 1. The highest BCUT2D eigenvalue weighted by atomic mass is 19.1. The van der Waals surface area contributed by atoms with Crippen molar-refractivity contribution >= 4 is 18.4 Å². The molecule has 0 aliphatic carbocycles. The van der Waals surface area contributed by atoms with Crippen LogP contribution in [0, 0.1) is 11.6 Å². The third kappa shape index (κ3) is 3.29. The number of hydrogen-bond acceptors (Lipinski definition) is 5. The van der Waals surface area contributed by atoms with Crippen LogP contribution in [-0.2, 0) is 0 Å². The molecule has 1 heterocycles. The number of aromatic nitrogens is 1. The highest BCUT2D eigenvalue weighted by molar-refractivity contribution is 6.58. The number of hydrogen-bond donors (Lipinski definition) is 3. The number of benzene rings is 1. The van der Waals surface area contributed by atoms with E-state index in [1.807, 2.05) is 0 Å². The average Bonchev–Trinajstić information content (AvgIpc) is 2.40. The molecule has 0 aliphatic heterocycles. The van der Waals surface area contributed by atoms with Gasteiger partial charge in [-0.3, -0.25) is 0 Å². The quantitative estimate of drug-likeness (QED) is 0.725. The average molecular weight is 294 g/mol. The number of ether oxygens (including phenoxy) is 1. The second kappa shape index (κ2) is 6.07. The van der Waals surface area contributed by atoms with Crippen molar-refractivity contribution < 1.29 is 23.6 Å². The van der Waals surface area contributed by atoms with Crippen LogP contribution < -0.4 is 15.9 Å². The van der Waals surface area contributed by atoms with Gasteiger partial charge < -0.3 is 20.5 Å². The molecule has 1 unspecified atom stereocenters. The van der Waals surface area contributed by atoms with Gasteiger partial charge in [-0.05, 0) is 25.1 Å². The smallest absolute Gasteiger partial charge is 0.482 e. The van der Waals surface area contributed by atoms with E-state index in [2.05, 4.69) is 4.98 Å². The van der Waals surface area contributed by atoms with E-state index in [4.69, 9.17) is 20.5 Å². The molecule has 2 rings (SSSR count). The summed E-state index contributed by atoms with van der Waals surface area (Å²) in [5, 5.41) is 18.2. The molecule has 21 heavy (non-hydrogen) atoms. The Balaban J connectivity index is 2.31. The van der Waals surface area contributed by atoms with Gasteiger partial charge in [0.05, 0.1) is 5.56 Å². The fourth-order valence-electron chi connectivity index (χ4n) is 1.85. The van der Waals surface area contributed by atoms with E-state index in [0.29, 0.717) is 0 Å². The first-order valence-electron chi connectivity index (χ1n) is 6.12. The maximum Gasteiger partial charge on any atom is 0.490 e. The van der Waals surface area contributed by atoms with Crippen LogP contribution in [-0.4, -0.2) is 22.2 Å². The first kappa shape index (κ1) is 15.2. The summed E-state index contributed by atoms with van der Waals surface area (Å²) >= 11 is 0. The molecular weight excluding hydrogens is 281 g/mol. The molecule has 0 amide bonds. The molecule has 0 radical (unpaired) electrons. The number of nitrogens with two attached hydrogens (primary N) is 1. The third-order valence-electron chi connectivity index (χ3n) is 2.91. The zero-order valence-electron chi connectivity index (χ0n) is 11.1. The van der Waals surface area contributed by atoms with Crippen molar-refractivity contribution in [1.82, 2.24) is 4.98 Å². The van der Waals surface area contributed by atoms with E-state index < -0.39 is 24.9 Å². The van der Waals surface area contributed by atoms with Gasteiger partial charge in [0.1, 0.15) is 17.7 Å². The van der Waals surface area contributed by atoms with E-state index in [1.54, 1.807) is 0 Å². The molecule has 1 atom stereocenters. The summed E-state index contributed by atoms with van der Waals surface area (Å²) < 4.78 is 32.7. The Morgan fingerprint density at radius 2 is 1.90 bits per heavy atom. The molecule has 0 saturated heterocycles. The largest absolute Gasteiger partial charge is 0.490 e. The topological polar surface area (TPSA) is 88.6 Å². The second-order valence-electron chi connectivity index (χ2n) is 4.42. The standard InChI is InChI=1S/C13H13BF2N2O3/c1-7(12-9(15)3-2-4-10(12)16)21-11-5-8(14(19)20)6-18-13(11)17/h2-7,19-20H,1H3,(H2,17,18). The van der Waals surface area contributed by atoms with Gasteiger partial charge in [-0.25, -0.2) is 13.8 Å². The maximum atomic E-state index is 13.7. The molecule has 0 saturated carbocycles. The fraction of sp³-hybridized carbons (Fsp3) is 0.154. The highest BCUT2D eigenvalue weighted by Crippen LogP contribution is 2.27. The molecule has 1 aromatic carbocycles. The third-order valence-corrected chi connectivity index (χ3v) is 2.91. The molecule has 5 nitrogen and oxygen atoms in total. The van der Waals surface area contributed by atoms with E-state index in [9.17, 15) is 8.78 Å². The van der Waals surface area contributed by atoms with Crippen molar-refractivity contribution in [1.29, 1.82) is 0 Å². The highest BCUT2D eigenvalue weighted by Gasteiger charge is 2.20. The minimum absolute atomic E-state index is 0.00996. The monoisotopic (exact) mass is 294 g/mol. The zero-order valence-corrected chi connectivity index (χ0v) is 11.1. The Morgan fingerprint density at radius 1 is 1.29 bits per heavy atom. The summed E-state index contributed by atoms with van der Waals surface area (Å²) in [7, 11) is -1.75. The number of rotatable bonds is 4. The van der Waals surface area contributed by atoms with Gasteiger partial charge >= 0.3 is 7.12 Å². The molecule has 0 spiro atoms. The molecule has 0 bridgehead atoms. The van der Waals surface area contributed by atoms with Gasteiger partial charge in [0.15, 0.2) is 11.6 Å². The number of nitrogen functional groups attached to an aromatic ring is 1. The molecular formula is C13H13BF2N2O3. The van der Waals surface area contributed by atoms with Crippen LogP contribution in [0.5, 0.6) is 5.75 Å². The molecule has 1 aromatic heterocycles. The van der Waals surface area contributed by atoms with E-state index in [0.717, 1.165) is 12.1 Å². The lowest BCUT2D eigenvalue weighted by Gasteiger charge is -2.17. The van der Waals surface area contributed by atoms with Gasteiger partial charge in [-0.2, -0.15) is 0 Å². The van der Waals surface area contributed by atoms with Crippen LogP contribution in [0.15, 0.2) is 30.5 Å². The summed E-state index contributed by atoms with van der Waals surface area (Å²) in [5.41, 5.74) is 5.42. The van der Waals surface area contributed by atoms with E-state index in [1.165, 1.54) is 25.3 Å². The SMILES string of the molecule is CC(Oc1cc(B(O)O)cnc1N)c1c(F)cccc1F. The number of pyridine rings is 1. The summed E-state index contributed by atoms with van der Waals surface area (Å²) in [5.74, 6) is -1.50. The number of anilines is 1. The van der Waals surface area contributed by atoms with Crippen LogP contribution in [0.25, 0.3) is 0 Å². The van der Waals surface area contributed by atoms with Gasteiger partial charge in [0.25, 0.3) is 0 Å². The van der Waals surface area contributed by atoms with Crippen LogP contribution in [0.3, 0.4) is 0 Å². The normalized spacial score (nSPS) is 12.0. The van der Waals surface area contributed by atoms with Crippen molar-refractivity contribution in [3.63, 3.8) is 0 Å². The van der Waals surface area contributed by atoms with Crippen LogP contribution >= 0.6 is 0 Å². The van der Waals surface area contributed by atoms with Gasteiger partial charge in [0.2, 0.25) is 0 Å². The molecule has 8 heteroatoms. The minimum Gasteiger partial charge on any atom is -0.482 e. The van der Waals surface area contributed by atoms with Crippen LogP contribution in [0.1, 0.15) is 18.6 Å². The van der Waals surface area contributed by atoms with Crippen molar-refractivity contribution in [3.05, 3.63) is 47.7 Å². The van der Waals surface area contributed by atoms with Crippen molar-refractivity contribution in [2.45, 2.75) is 13.0 Å². The predicted molar refractivity (Wildman–Crippen MR) is 73.9 cm³/mol. The molecule has 110 valence electrons. The lowest BCUT2D eigenvalue weighted by Crippen LogP contribution is -2.30. The van der Waals surface area contributed by atoms with E-state index in [-0.39, 0.29) is 22.6 Å². The van der Waals surface area contributed by atoms with Crippen LogP contribution in [0.4, 0.5) is 14.6 Å². The zero-order chi connectivity index (χ0) is 15.6. The Labute approximate surface area is 120 Å². The van der Waals surface area contributed by atoms with Crippen molar-refractivity contribution in [3.8, 4) is 5.75 Å². The minimum atomic E-state index is -1.75. The van der Waals surface area contributed by atoms with Crippen LogP contribution in [0.2, 0.25) is 0 Å². The van der Waals surface area contributed by atoms with Gasteiger partial charge in [-0.15, -0.1) is 0 Å². The Hall–Kier alpha value is -2.19. The first-order valence-corrected chi connectivity index (χ1v) is 6.12. The molecule has 2 aromatic rings. The fourth-order valence-corrected chi connectivity index (χ4v) is 1.85. The lowest BCUT2D eigenvalue weighted by atomic mass is 9.81. The lowest BCUT2D eigenvalue weighted by molar-refractivity contribution is 0.216. The molecule has 4 N–H and O–H groups in total.